The van der Waals surface area contributed by atoms with Gasteiger partial charge in [0.25, 0.3) is 0 Å². The number of carbonyl (C=O) groups is 1. The number of nitrogens with two attached hydrogens (primary N) is 1. The number of nitrogen functional groups attached to an aromatic ring is 1. The van der Waals surface area contributed by atoms with Crippen molar-refractivity contribution in [2.24, 2.45) is 0 Å². The summed E-state index contributed by atoms with van der Waals surface area (Å²) in [4.78, 5) is 12.5. The van der Waals surface area contributed by atoms with Crippen LogP contribution in [0.4, 0.5) is 5.69 Å². The molecule has 0 amide bonds. The SMILES string of the molecule is Cc1ccc(Br)c(-c2sc(C(=O)O)c(N)c2C(C)C)c1. The average Bonchev–Trinajstić information content (AvgIpc) is 2.70. The highest BCUT2D eigenvalue weighted by Gasteiger charge is 2.24. The maximum absolute atomic E-state index is 11.3. The van der Waals surface area contributed by atoms with Crippen molar-refractivity contribution in [1.29, 1.82) is 0 Å². The van der Waals surface area contributed by atoms with Gasteiger partial charge in [0.15, 0.2) is 0 Å². The first kappa shape index (κ1) is 15.1. The standard InChI is InChI=1S/C15H16BrNO2S/c1-7(2)11-12(17)14(15(18)19)20-13(11)9-6-8(3)4-5-10(9)16/h4-7H,17H2,1-3H3,(H,18,19). The summed E-state index contributed by atoms with van der Waals surface area (Å²) >= 11 is 4.78. The van der Waals surface area contributed by atoms with E-state index in [-0.39, 0.29) is 10.8 Å². The number of halogens is 1. The van der Waals surface area contributed by atoms with Crippen molar-refractivity contribution in [3.63, 3.8) is 0 Å². The minimum absolute atomic E-state index is 0.168. The molecule has 1 heterocycles. The summed E-state index contributed by atoms with van der Waals surface area (Å²) in [5.74, 6) is -0.800. The fourth-order valence-electron chi connectivity index (χ4n) is 2.20. The van der Waals surface area contributed by atoms with Gasteiger partial charge in [-0.25, -0.2) is 4.79 Å². The molecule has 1 aromatic heterocycles. The summed E-state index contributed by atoms with van der Waals surface area (Å²) in [6.45, 7) is 6.06. The van der Waals surface area contributed by atoms with Crippen molar-refractivity contribution in [3.8, 4) is 10.4 Å². The van der Waals surface area contributed by atoms with Gasteiger partial charge in [-0.05, 0) is 30.5 Å². The number of anilines is 1. The number of hydrogen-bond donors (Lipinski definition) is 2. The van der Waals surface area contributed by atoms with Crippen molar-refractivity contribution in [2.45, 2.75) is 26.7 Å². The number of carboxylic acids is 1. The fraction of sp³-hybridized carbons (Fsp3) is 0.267. The Labute approximate surface area is 130 Å². The zero-order valence-corrected chi connectivity index (χ0v) is 13.9. The summed E-state index contributed by atoms with van der Waals surface area (Å²) in [5.41, 5.74) is 9.48. The lowest BCUT2D eigenvalue weighted by molar-refractivity contribution is 0.0703. The van der Waals surface area contributed by atoms with Gasteiger partial charge in [-0.3, -0.25) is 0 Å². The first-order valence-corrected chi connectivity index (χ1v) is 7.85. The van der Waals surface area contributed by atoms with Crippen molar-refractivity contribution in [2.75, 3.05) is 5.73 Å². The Kier molecular flexibility index (Phi) is 4.20. The molecule has 0 fully saturated rings. The molecule has 20 heavy (non-hydrogen) atoms. The van der Waals surface area contributed by atoms with E-state index in [1.165, 1.54) is 11.3 Å². The Hall–Kier alpha value is -1.33. The van der Waals surface area contributed by atoms with Gasteiger partial charge in [-0.2, -0.15) is 0 Å². The molecule has 0 aliphatic heterocycles. The van der Waals surface area contributed by atoms with Gasteiger partial charge >= 0.3 is 5.97 Å². The molecule has 106 valence electrons. The van der Waals surface area contributed by atoms with Crippen LogP contribution in [0.15, 0.2) is 22.7 Å². The van der Waals surface area contributed by atoms with Crippen LogP contribution in [0, 0.1) is 6.92 Å². The van der Waals surface area contributed by atoms with Crippen molar-refractivity contribution < 1.29 is 9.90 Å². The van der Waals surface area contributed by atoms with Crippen molar-refractivity contribution in [1.82, 2.24) is 0 Å². The van der Waals surface area contributed by atoms with E-state index in [2.05, 4.69) is 15.9 Å². The third-order valence-electron chi connectivity index (χ3n) is 3.12. The van der Waals surface area contributed by atoms with Crippen LogP contribution in [0.3, 0.4) is 0 Å². The van der Waals surface area contributed by atoms with Gasteiger partial charge in [-0.15, -0.1) is 11.3 Å². The van der Waals surface area contributed by atoms with Gasteiger partial charge in [0, 0.05) is 14.9 Å². The van der Waals surface area contributed by atoms with E-state index in [1.807, 2.05) is 39.0 Å². The first-order chi connectivity index (χ1) is 9.32. The Balaban J connectivity index is 2.76. The molecule has 5 heteroatoms. The van der Waals surface area contributed by atoms with Gasteiger partial charge in [0.1, 0.15) is 4.88 Å². The monoisotopic (exact) mass is 353 g/mol. The third kappa shape index (κ3) is 2.60. The predicted molar refractivity (Wildman–Crippen MR) is 87.7 cm³/mol. The van der Waals surface area contributed by atoms with E-state index in [0.29, 0.717) is 5.69 Å². The van der Waals surface area contributed by atoms with Crippen LogP contribution in [-0.2, 0) is 0 Å². The summed E-state index contributed by atoms with van der Waals surface area (Å²) < 4.78 is 0.947. The molecular weight excluding hydrogens is 338 g/mol. The molecule has 0 saturated carbocycles. The van der Waals surface area contributed by atoms with Gasteiger partial charge in [0.05, 0.1) is 5.69 Å². The summed E-state index contributed by atoms with van der Waals surface area (Å²) in [5, 5.41) is 9.27. The number of aromatic carboxylic acids is 1. The second-order valence-electron chi connectivity index (χ2n) is 5.03. The van der Waals surface area contributed by atoms with Gasteiger partial charge < -0.3 is 10.8 Å². The van der Waals surface area contributed by atoms with Crippen LogP contribution in [0.25, 0.3) is 10.4 Å². The topological polar surface area (TPSA) is 63.3 Å². The fourth-order valence-corrected chi connectivity index (χ4v) is 4.02. The van der Waals surface area contributed by atoms with Crippen LogP contribution < -0.4 is 5.73 Å². The minimum atomic E-state index is -0.968. The molecule has 0 aliphatic rings. The number of benzene rings is 1. The molecule has 3 nitrogen and oxygen atoms in total. The Bertz CT molecular complexity index is 677. The average molecular weight is 354 g/mol. The zero-order chi connectivity index (χ0) is 15.0. The molecule has 0 spiro atoms. The predicted octanol–water partition coefficient (Wildman–Crippen LogP) is 4.89. The molecule has 0 radical (unpaired) electrons. The van der Waals surface area contributed by atoms with E-state index < -0.39 is 5.97 Å². The Morgan fingerprint density at radius 1 is 1.40 bits per heavy atom. The molecule has 2 rings (SSSR count). The highest BCUT2D eigenvalue weighted by atomic mass is 79.9. The molecule has 0 unspecified atom stereocenters. The van der Waals surface area contributed by atoms with Gasteiger partial charge in [0.2, 0.25) is 0 Å². The second-order valence-corrected chi connectivity index (χ2v) is 6.91. The van der Waals surface area contributed by atoms with E-state index in [0.717, 1.165) is 26.0 Å². The highest BCUT2D eigenvalue weighted by molar-refractivity contribution is 9.10. The highest BCUT2D eigenvalue weighted by Crippen LogP contribution is 2.45. The van der Waals surface area contributed by atoms with E-state index in [9.17, 15) is 9.90 Å². The van der Waals surface area contributed by atoms with Crippen LogP contribution in [0.2, 0.25) is 0 Å². The van der Waals surface area contributed by atoms with Gasteiger partial charge in [-0.1, -0.05) is 41.4 Å². The maximum atomic E-state index is 11.3. The van der Waals surface area contributed by atoms with Crippen LogP contribution >= 0.6 is 27.3 Å². The Morgan fingerprint density at radius 2 is 2.05 bits per heavy atom. The number of hydrogen-bond acceptors (Lipinski definition) is 3. The molecule has 0 bridgehead atoms. The zero-order valence-electron chi connectivity index (χ0n) is 11.5. The first-order valence-electron chi connectivity index (χ1n) is 6.25. The molecule has 2 aromatic rings. The molecule has 0 atom stereocenters. The number of aryl methyl sites for hydroxylation is 1. The van der Waals surface area contributed by atoms with Crippen LogP contribution in [-0.4, -0.2) is 11.1 Å². The maximum Gasteiger partial charge on any atom is 0.348 e. The van der Waals surface area contributed by atoms with Crippen molar-refractivity contribution >= 4 is 38.9 Å². The smallest absolute Gasteiger partial charge is 0.348 e. The number of thiophene rings is 1. The molecule has 0 aliphatic carbocycles. The lowest BCUT2D eigenvalue weighted by Gasteiger charge is -2.11. The lowest BCUT2D eigenvalue weighted by Crippen LogP contribution is -2.00. The summed E-state index contributed by atoms with van der Waals surface area (Å²) in [7, 11) is 0. The van der Waals surface area contributed by atoms with E-state index in [4.69, 9.17) is 5.73 Å². The summed E-state index contributed by atoms with van der Waals surface area (Å²) in [6, 6.07) is 6.04. The summed E-state index contributed by atoms with van der Waals surface area (Å²) in [6.07, 6.45) is 0. The molecule has 0 saturated heterocycles. The molecule has 3 N–H and O–H groups in total. The normalized spacial score (nSPS) is 11.1. The van der Waals surface area contributed by atoms with E-state index in [1.54, 1.807) is 0 Å². The second kappa shape index (κ2) is 5.58. The lowest BCUT2D eigenvalue weighted by atomic mass is 9.97. The van der Waals surface area contributed by atoms with Crippen LogP contribution in [0.5, 0.6) is 0 Å². The number of carboxylic acid groups (broad SMARTS) is 1. The third-order valence-corrected chi connectivity index (χ3v) is 5.06. The van der Waals surface area contributed by atoms with Crippen LogP contribution in [0.1, 0.15) is 40.6 Å². The molecular formula is C15H16BrNO2S. The van der Waals surface area contributed by atoms with Crippen molar-refractivity contribution in [3.05, 3.63) is 38.7 Å². The molecule has 1 aromatic carbocycles. The largest absolute Gasteiger partial charge is 0.477 e. The Morgan fingerprint density at radius 3 is 2.60 bits per heavy atom. The number of rotatable bonds is 3. The quantitative estimate of drug-likeness (QED) is 0.825. The minimum Gasteiger partial charge on any atom is -0.477 e. The van der Waals surface area contributed by atoms with E-state index >= 15 is 0 Å².